The summed E-state index contributed by atoms with van der Waals surface area (Å²) in [5.74, 6) is -2.67. The Balaban J connectivity index is 1.90. The summed E-state index contributed by atoms with van der Waals surface area (Å²) >= 11 is 12.9. The number of anilines is 1. The molecule has 1 aliphatic heterocycles. The number of ether oxygens (including phenoxy) is 1. The largest absolute Gasteiger partial charge is 0.507 e. The second-order valence-corrected chi connectivity index (χ2v) is 9.21. The van der Waals surface area contributed by atoms with Crippen LogP contribution >= 0.6 is 34.5 Å². The van der Waals surface area contributed by atoms with E-state index < -0.39 is 23.7 Å². The molecular formula is C24H18Cl2N2O5S. The fraction of sp³-hybridized carbons (Fsp3) is 0.167. The van der Waals surface area contributed by atoms with Gasteiger partial charge in [-0.15, -0.1) is 0 Å². The van der Waals surface area contributed by atoms with Crippen molar-refractivity contribution >= 4 is 63.1 Å². The molecule has 0 spiro atoms. The highest BCUT2D eigenvalue weighted by atomic mass is 35.5. The zero-order valence-corrected chi connectivity index (χ0v) is 20.4. The summed E-state index contributed by atoms with van der Waals surface area (Å²) in [5.41, 5.74) is 1.11. The molecule has 10 heteroatoms. The molecule has 1 amide bonds. The Kier molecular flexibility index (Phi) is 6.74. The zero-order valence-electron chi connectivity index (χ0n) is 18.0. The first-order chi connectivity index (χ1) is 16.2. The molecule has 0 saturated carbocycles. The van der Waals surface area contributed by atoms with Crippen molar-refractivity contribution in [3.63, 3.8) is 0 Å². The normalized spacial score (nSPS) is 17.3. The number of aromatic nitrogens is 1. The number of aliphatic hydroxyl groups is 1. The van der Waals surface area contributed by atoms with Crippen LogP contribution in [0.3, 0.4) is 0 Å². The van der Waals surface area contributed by atoms with Crippen molar-refractivity contribution < 1.29 is 24.2 Å². The van der Waals surface area contributed by atoms with Crippen molar-refractivity contribution in [3.8, 4) is 0 Å². The highest BCUT2D eigenvalue weighted by Gasteiger charge is 2.48. The van der Waals surface area contributed by atoms with Crippen LogP contribution in [0, 0.1) is 6.92 Å². The number of hydrogen-bond acceptors (Lipinski definition) is 7. The SMILES string of the molecule is CCOC(=O)c1sc(N2C(=O)C(=O)C(=C(O)c3ccc(Cl)cc3)[C@H]2c2ccc(Cl)cc2)nc1C. The number of hydrogen-bond donors (Lipinski definition) is 1. The molecule has 0 radical (unpaired) electrons. The van der Waals surface area contributed by atoms with Gasteiger partial charge in [0.25, 0.3) is 5.78 Å². The summed E-state index contributed by atoms with van der Waals surface area (Å²) in [6, 6.07) is 11.8. The number of carbonyl (C=O) groups is 3. The number of carbonyl (C=O) groups excluding carboxylic acids is 3. The van der Waals surface area contributed by atoms with Gasteiger partial charge >= 0.3 is 11.9 Å². The lowest BCUT2D eigenvalue weighted by atomic mass is 9.95. The average Bonchev–Trinajstić information content (AvgIpc) is 3.31. The maximum Gasteiger partial charge on any atom is 0.350 e. The Morgan fingerprint density at radius 2 is 1.68 bits per heavy atom. The number of nitrogens with zero attached hydrogens (tertiary/aromatic N) is 2. The van der Waals surface area contributed by atoms with Crippen LogP contribution in [0.15, 0.2) is 54.1 Å². The molecule has 1 aromatic heterocycles. The molecular weight excluding hydrogens is 499 g/mol. The van der Waals surface area contributed by atoms with Crippen molar-refractivity contribution in [3.05, 3.63) is 85.8 Å². The fourth-order valence-corrected chi connectivity index (χ4v) is 4.86. The van der Waals surface area contributed by atoms with E-state index in [1.807, 2.05) is 0 Å². The summed E-state index contributed by atoms with van der Waals surface area (Å²) in [5, 5.41) is 12.1. The first-order valence-electron chi connectivity index (χ1n) is 10.2. The second kappa shape index (κ2) is 9.58. The van der Waals surface area contributed by atoms with E-state index in [0.29, 0.717) is 26.9 Å². The van der Waals surface area contributed by atoms with Crippen LogP contribution in [0.5, 0.6) is 0 Å². The molecule has 1 N–H and O–H groups in total. The van der Waals surface area contributed by atoms with Crippen molar-refractivity contribution in [1.29, 1.82) is 0 Å². The van der Waals surface area contributed by atoms with Crippen LogP contribution in [0.25, 0.3) is 5.76 Å². The highest BCUT2D eigenvalue weighted by Crippen LogP contribution is 2.44. The summed E-state index contributed by atoms with van der Waals surface area (Å²) in [7, 11) is 0. The fourth-order valence-electron chi connectivity index (χ4n) is 3.62. The van der Waals surface area contributed by atoms with Crippen LogP contribution in [-0.4, -0.2) is 34.4 Å². The third-order valence-electron chi connectivity index (χ3n) is 5.20. The van der Waals surface area contributed by atoms with Gasteiger partial charge in [0.15, 0.2) is 5.13 Å². The minimum absolute atomic E-state index is 0.111. The molecule has 174 valence electrons. The van der Waals surface area contributed by atoms with E-state index >= 15 is 0 Å². The number of amides is 1. The number of Topliss-reactive ketones (excluding diaryl/α,β-unsaturated/α-hetero) is 1. The quantitative estimate of drug-likeness (QED) is 0.206. The monoisotopic (exact) mass is 516 g/mol. The van der Waals surface area contributed by atoms with Gasteiger partial charge in [-0.25, -0.2) is 9.78 Å². The van der Waals surface area contributed by atoms with Gasteiger partial charge in [-0.05, 0) is 55.8 Å². The molecule has 1 aliphatic rings. The van der Waals surface area contributed by atoms with Gasteiger partial charge in [0.2, 0.25) is 0 Å². The number of esters is 1. The number of benzene rings is 2. The zero-order chi connectivity index (χ0) is 24.6. The van der Waals surface area contributed by atoms with Crippen molar-refractivity contribution in [1.82, 2.24) is 4.98 Å². The Morgan fingerprint density at radius 1 is 1.09 bits per heavy atom. The molecule has 1 atom stereocenters. The smallest absolute Gasteiger partial charge is 0.350 e. The van der Waals surface area contributed by atoms with E-state index in [1.54, 1.807) is 62.4 Å². The molecule has 4 rings (SSSR count). The van der Waals surface area contributed by atoms with Crippen LogP contribution in [0.2, 0.25) is 10.0 Å². The van der Waals surface area contributed by atoms with Crippen molar-refractivity contribution in [2.45, 2.75) is 19.9 Å². The number of rotatable bonds is 5. The molecule has 0 aliphatic carbocycles. The Morgan fingerprint density at radius 3 is 2.26 bits per heavy atom. The van der Waals surface area contributed by atoms with E-state index in [0.717, 1.165) is 11.3 Å². The lowest BCUT2D eigenvalue weighted by Gasteiger charge is -2.23. The van der Waals surface area contributed by atoms with Crippen LogP contribution in [0.1, 0.15) is 39.5 Å². The first kappa shape index (κ1) is 23.9. The van der Waals surface area contributed by atoms with Gasteiger partial charge in [-0.2, -0.15) is 0 Å². The van der Waals surface area contributed by atoms with Gasteiger partial charge in [-0.3, -0.25) is 14.5 Å². The molecule has 0 bridgehead atoms. The third-order valence-corrected chi connectivity index (χ3v) is 6.84. The average molecular weight is 517 g/mol. The van der Waals surface area contributed by atoms with E-state index in [2.05, 4.69) is 4.98 Å². The van der Waals surface area contributed by atoms with Crippen molar-refractivity contribution in [2.24, 2.45) is 0 Å². The van der Waals surface area contributed by atoms with E-state index in [-0.39, 0.29) is 27.9 Å². The molecule has 7 nitrogen and oxygen atoms in total. The van der Waals surface area contributed by atoms with Crippen LogP contribution in [-0.2, 0) is 14.3 Å². The molecule has 2 heterocycles. The summed E-state index contributed by atoms with van der Waals surface area (Å²) in [6.07, 6.45) is 0. The molecule has 3 aromatic rings. The number of halogens is 2. The summed E-state index contributed by atoms with van der Waals surface area (Å²) < 4.78 is 5.07. The van der Waals surface area contributed by atoms with Crippen LogP contribution < -0.4 is 4.90 Å². The topological polar surface area (TPSA) is 96.8 Å². The number of aliphatic hydroxyl groups excluding tert-OH is 1. The second-order valence-electron chi connectivity index (χ2n) is 7.36. The Bertz CT molecular complexity index is 1320. The van der Waals surface area contributed by atoms with Gasteiger partial charge < -0.3 is 9.84 Å². The minimum Gasteiger partial charge on any atom is -0.507 e. The maximum absolute atomic E-state index is 13.2. The molecule has 1 saturated heterocycles. The summed E-state index contributed by atoms with van der Waals surface area (Å²) in [4.78, 5) is 44.5. The molecule has 34 heavy (non-hydrogen) atoms. The van der Waals surface area contributed by atoms with Gasteiger partial charge in [0.05, 0.1) is 23.9 Å². The van der Waals surface area contributed by atoms with Crippen LogP contribution in [0.4, 0.5) is 5.13 Å². The predicted octanol–water partition coefficient (Wildman–Crippen LogP) is 5.56. The maximum atomic E-state index is 13.2. The third kappa shape index (κ3) is 4.32. The van der Waals surface area contributed by atoms with Gasteiger partial charge in [-0.1, -0.05) is 46.7 Å². The van der Waals surface area contributed by atoms with Crippen molar-refractivity contribution in [2.75, 3.05) is 11.5 Å². The molecule has 2 aromatic carbocycles. The van der Waals surface area contributed by atoms with Gasteiger partial charge in [0.1, 0.15) is 10.6 Å². The first-order valence-corrected chi connectivity index (χ1v) is 11.8. The van der Waals surface area contributed by atoms with E-state index in [9.17, 15) is 19.5 Å². The lowest BCUT2D eigenvalue weighted by molar-refractivity contribution is -0.132. The molecule has 1 fully saturated rings. The Hall–Kier alpha value is -3.20. The number of ketones is 1. The van der Waals surface area contributed by atoms with E-state index in [1.165, 1.54) is 4.90 Å². The molecule has 0 unspecified atom stereocenters. The van der Waals surface area contributed by atoms with E-state index in [4.69, 9.17) is 27.9 Å². The Labute approximate surface area is 209 Å². The standard InChI is InChI=1S/C24H18Cl2N2O5S/c1-3-33-23(32)21-12(2)27-24(34-21)28-18(13-4-8-15(25)9-5-13)17(20(30)22(28)31)19(29)14-6-10-16(26)11-7-14/h4-11,18,29H,3H2,1-2H3/t18-/m1/s1. The lowest BCUT2D eigenvalue weighted by Crippen LogP contribution is -2.29. The number of aryl methyl sites for hydroxylation is 1. The van der Waals surface area contributed by atoms with Gasteiger partial charge in [0, 0.05) is 15.6 Å². The number of thiazole rings is 1. The predicted molar refractivity (Wildman–Crippen MR) is 130 cm³/mol. The summed E-state index contributed by atoms with van der Waals surface area (Å²) in [6.45, 7) is 3.49. The minimum atomic E-state index is -0.992. The highest BCUT2D eigenvalue weighted by molar-refractivity contribution is 7.17.